The summed E-state index contributed by atoms with van der Waals surface area (Å²) in [6.45, 7) is 3.09. The van der Waals surface area contributed by atoms with Crippen LogP contribution in [0.5, 0.6) is 0 Å². The van der Waals surface area contributed by atoms with Gasteiger partial charge in [0.1, 0.15) is 12.4 Å². The van der Waals surface area contributed by atoms with Crippen LogP contribution < -0.4 is 15.5 Å². The largest absolute Gasteiger partial charge is 0.355 e. The number of halogens is 1. The Hall–Kier alpha value is -2.73. The van der Waals surface area contributed by atoms with Crippen LogP contribution in [0.4, 0.5) is 4.39 Å². The Balaban J connectivity index is 1.81. The molecule has 2 aromatic carbocycles. The molecule has 0 aliphatic carbocycles. The molecule has 0 aliphatic heterocycles. The first kappa shape index (κ1) is 20.6. The number of nitrogens with one attached hydrogen (secondary N) is 3. The van der Waals surface area contributed by atoms with Gasteiger partial charge in [-0.05, 0) is 43.2 Å². The number of likely N-dealkylation sites (N-methyl/N-ethyl adjacent to an activating group) is 1. The van der Waals surface area contributed by atoms with Gasteiger partial charge in [0.15, 0.2) is 6.04 Å². The monoisotopic (exact) mass is 372 g/mol. The van der Waals surface area contributed by atoms with Crippen molar-refractivity contribution < 1.29 is 18.9 Å². The maximum atomic E-state index is 12.9. The van der Waals surface area contributed by atoms with Gasteiger partial charge in [0.05, 0.1) is 7.05 Å². The van der Waals surface area contributed by atoms with Gasteiger partial charge in [-0.15, -0.1) is 0 Å². The molecule has 0 spiro atoms. The minimum atomic E-state index is -0.259. The molecular formula is C21H27FN3O2+. The molecule has 2 aromatic rings. The van der Waals surface area contributed by atoms with E-state index in [1.807, 2.05) is 26.1 Å². The van der Waals surface area contributed by atoms with Crippen LogP contribution in [0.3, 0.4) is 0 Å². The number of carbonyl (C=O) groups is 2. The normalized spacial score (nSPS) is 12.9. The Kier molecular flexibility index (Phi) is 7.49. The molecule has 0 aromatic heterocycles. The molecule has 2 amide bonds. The van der Waals surface area contributed by atoms with Gasteiger partial charge < -0.3 is 15.5 Å². The molecule has 0 saturated heterocycles. The summed E-state index contributed by atoms with van der Waals surface area (Å²) in [4.78, 5) is 25.0. The second kappa shape index (κ2) is 9.83. The summed E-state index contributed by atoms with van der Waals surface area (Å²) in [5.41, 5.74) is 2.66. The highest BCUT2D eigenvalue weighted by molar-refractivity contribution is 5.93. The van der Waals surface area contributed by atoms with Crippen molar-refractivity contribution in [2.45, 2.75) is 25.9 Å². The smallest absolute Gasteiger partial charge is 0.278 e. The fourth-order valence-electron chi connectivity index (χ4n) is 2.75. The molecule has 5 nitrogen and oxygen atoms in total. The van der Waals surface area contributed by atoms with E-state index in [9.17, 15) is 14.0 Å². The van der Waals surface area contributed by atoms with Crippen molar-refractivity contribution in [3.05, 3.63) is 71.0 Å². The van der Waals surface area contributed by atoms with Gasteiger partial charge in [-0.1, -0.05) is 24.3 Å². The maximum absolute atomic E-state index is 12.9. The number of benzene rings is 2. The molecule has 2 rings (SSSR count). The standard InChI is InChI=1S/C21H26FN3O2/c1-15(20(26)24-13-12-16-6-10-19(22)11-7-16)25(3)14-17-4-8-18(9-5-17)21(27)23-2/h4-11,15H,12-14H2,1-3H3,(H,23,27)(H,24,26)/p+1/t15-/m1/s1. The lowest BCUT2D eigenvalue weighted by atomic mass is 10.1. The molecule has 27 heavy (non-hydrogen) atoms. The Morgan fingerprint density at radius 3 is 2.22 bits per heavy atom. The van der Waals surface area contributed by atoms with Gasteiger partial charge in [-0.3, -0.25) is 9.59 Å². The second-order valence-electron chi connectivity index (χ2n) is 6.69. The second-order valence-corrected chi connectivity index (χ2v) is 6.69. The molecule has 0 heterocycles. The summed E-state index contributed by atoms with van der Waals surface area (Å²) < 4.78 is 12.9. The van der Waals surface area contributed by atoms with Crippen LogP contribution in [-0.4, -0.2) is 38.5 Å². The molecule has 3 N–H and O–H groups in total. The highest BCUT2D eigenvalue weighted by Gasteiger charge is 2.21. The van der Waals surface area contributed by atoms with Crippen molar-refractivity contribution in [3.63, 3.8) is 0 Å². The van der Waals surface area contributed by atoms with Crippen LogP contribution in [0.25, 0.3) is 0 Å². The SMILES string of the molecule is CNC(=O)c1ccc(C[NH+](C)[C@H](C)C(=O)NCCc2ccc(F)cc2)cc1. The highest BCUT2D eigenvalue weighted by atomic mass is 19.1. The predicted molar refractivity (Wildman–Crippen MR) is 103 cm³/mol. The summed E-state index contributed by atoms with van der Waals surface area (Å²) in [6, 6.07) is 13.5. The van der Waals surface area contributed by atoms with Gasteiger partial charge in [0, 0.05) is 24.7 Å². The van der Waals surface area contributed by atoms with Gasteiger partial charge in [-0.2, -0.15) is 0 Å². The molecular weight excluding hydrogens is 345 g/mol. The predicted octanol–water partition coefficient (Wildman–Crippen LogP) is 0.947. The van der Waals surface area contributed by atoms with E-state index in [-0.39, 0.29) is 23.7 Å². The van der Waals surface area contributed by atoms with Crippen LogP contribution in [0.2, 0.25) is 0 Å². The van der Waals surface area contributed by atoms with Crippen LogP contribution in [0, 0.1) is 5.82 Å². The topological polar surface area (TPSA) is 62.6 Å². The maximum Gasteiger partial charge on any atom is 0.278 e. The van der Waals surface area contributed by atoms with Crippen molar-refractivity contribution in [1.82, 2.24) is 10.6 Å². The van der Waals surface area contributed by atoms with E-state index in [4.69, 9.17) is 0 Å². The van der Waals surface area contributed by atoms with E-state index >= 15 is 0 Å². The number of amides is 2. The molecule has 0 bridgehead atoms. The van der Waals surface area contributed by atoms with Gasteiger partial charge >= 0.3 is 0 Å². The highest BCUT2D eigenvalue weighted by Crippen LogP contribution is 2.04. The molecule has 144 valence electrons. The van der Waals surface area contributed by atoms with E-state index in [2.05, 4.69) is 10.6 Å². The third kappa shape index (κ3) is 6.18. The van der Waals surface area contributed by atoms with Crippen molar-refractivity contribution in [3.8, 4) is 0 Å². The summed E-state index contributed by atoms with van der Waals surface area (Å²) in [6.07, 6.45) is 0.665. The Morgan fingerprint density at radius 1 is 1.04 bits per heavy atom. The summed E-state index contributed by atoms with van der Waals surface area (Å²) >= 11 is 0. The fourth-order valence-corrected chi connectivity index (χ4v) is 2.75. The fraction of sp³-hybridized carbons (Fsp3) is 0.333. The van der Waals surface area contributed by atoms with E-state index in [0.717, 1.165) is 16.0 Å². The Bertz CT molecular complexity index is 760. The minimum absolute atomic E-state index is 0.0170. The zero-order chi connectivity index (χ0) is 19.8. The summed E-state index contributed by atoms with van der Waals surface area (Å²) in [7, 11) is 3.57. The Labute approximate surface area is 159 Å². The summed E-state index contributed by atoms with van der Waals surface area (Å²) in [5, 5.41) is 5.53. The number of carbonyl (C=O) groups excluding carboxylic acids is 2. The lowest BCUT2D eigenvalue weighted by Gasteiger charge is -2.21. The van der Waals surface area contributed by atoms with E-state index in [1.165, 1.54) is 12.1 Å². The number of hydrogen-bond acceptors (Lipinski definition) is 2. The van der Waals surface area contributed by atoms with E-state index in [1.54, 1.807) is 31.3 Å². The molecule has 0 fully saturated rings. The van der Waals surface area contributed by atoms with Crippen LogP contribution in [-0.2, 0) is 17.8 Å². The first-order chi connectivity index (χ1) is 12.9. The first-order valence-electron chi connectivity index (χ1n) is 9.06. The lowest BCUT2D eigenvalue weighted by molar-refractivity contribution is -0.908. The molecule has 0 radical (unpaired) electrons. The Morgan fingerprint density at radius 2 is 1.63 bits per heavy atom. The van der Waals surface area contributed by atoms with Crippen molar-refractivity contribution in [2.75, 3.05) is 20.6 Å². The zero-order valence-electron chi connectivity index (χ0n) is 16.0. The van der Waals surface area contributed by atoms with E-state index in [0.29, 0.717) is 25.1 Å². The summed E-state index contributed by atoms with van der Waals surface area (Å²) in [5.74, 6) is -0.391. The number of hydrogen-bond donors (Lipinski definition) is 3. The van der Waals surface area contributed by atoms with Gasteiger partial charge in [0.25, 0.3) is 11.8 Å². The van der Waals surface area contributed by atoms with Crippen LogP contribution >= 0.6 is 0 Å². The molecule has 0 saturated carbocycles. The average Bonchev–Trinajstić information content (AvgIpc) is 2.68. The first-order valence-corrected chi connectivity index (χ1v) is 9.06. The van der Waals surface area contributed by atoms with Crippen molar-refractivity contribution >= 4 is 11.8 Å². The minimum Gasteiger partial charge on any atom is -0.355 e. The molecule has 6 heteroatoms. The number of quaternary nitrogens is 1. The van der Waals surface area contributed by atoms with Crippen molar-refractivity contribution in [1.29, 1.82) is 0 Å². The van der Waals surface area contributed by atoms with Crippen molar-refractivity contribution in [2.24, 2.45) is 0 Å². The third-order valence-corrected chi connectivity index (χ3v) is 4.68. The lowest BCUT2D eigenvalue weighted by Crippen LogP contribution is -3.12. The molecule has 0 aliphatic rings. The third-order valence-electron chi connectivity index (χ3n) is 4.68. The van der Waals surface area contributed by atoms with Gasteiger partial charge in [-0.25, -0.2) is 4.39 Å². The van der Waals surface area contributed by atoms with Gasteiger partial charge in [0.2, 0.25) is 0 Å². The molecule has 2 atom stereocenters. The van der Waals surface area contributed by atoms with Crippen LogP contribution in [0.15, 0.2) is 48.5 Å². The van der Waals surface area contributed by atoms with E-state index < -0.39 is 0 Å². The zero-order valence-corrected chi connectivity index (χ0v) is 16.0. The van der Waals surface area contributed by atoms with Crippen LogP contribution in [0.1, 0.15) is 28.4 Å². The quantitative estimate of drug-likeness (QED) is 0.646. The molecule has 1 unspecified atom stereocenters. The average molecular weight is 372 g/mol. The number of rotatable bonds is 8.